The van der Waals surface area contributed by atoms with Gasteiger partial charge in [0.25, 0.3) is 0 Å². The number of rotatable bonds is 5. The number of carbonyl (C=O) groups is 1. The van der Waals surface area contributed by atoms with Crippen molar-refractivity contribution < 1.29 is 14.3 Å². The Labute approximate surface area is 186 Å². The zero-order valence-corrected chi connectivity index (χ0v) is 18.5. The second kappa shape index (κ2) is 9.27. The fourth-order valence-electron chi connectivity index (χ4n) is 3.63. The molecule has 0 fully saturated rings. The third kappa shape index (κ3) is 4.75. The van der Waals surface area contributed by atoms with Gasteiger partial charge < -0.3 is 14.8 Å². The predicted molar refractivity (Wildman–Crippen MR) is 126 cm³/mol. The molecule has 0 unspecified atom stereocenters. The molecule has 158 valence electrons. The average Bonchev–Trinajstić information content (AvgIpc) is 2.98. The number of nitrogens with zero attached hydrogens (tertiary/aromatic N) is 1. The second-order valence-electron chi connectivity index (χ2n) is 7.21. The van der Waals surface area contributed by atoms with Crippen molar-refractivity contribution >= 4 is 34.8 Å². The number of benzene rings is 3. The predicted octanol–water partition coefficient (Wildman–Crippen LogP) is 6.02. The molecule has 0 aliphatic carbocycles. The number of anilines is 1. The minimum atomic E-state index is -0.0956. The lowest BCUT2D eigenvalue weighted by Gasteiger charge is -2.19. The maximum atomic E-state index is 11.5. The molecule has 1 N–H and O–H groups in total. The fraction of sp³-hybridized carbons (Fsp3) is 0.200. The minimum absolute atomic E-state index is 0.0956. The summed E-state index contributed by atoms with van der Waals surface area (Å²) in [6, 6.07) is 21.9. The Bertz CT molecular complexity index is 1140. The Morgan fingerprint density at radius 2 is 1.87 bits per heavy atom. The van der Waals surface area contributed by atoms with Crippen LogP contribution in [0.1, 0.15) is 29.7 Å². The highest BCUT2D eigenvalue weighted by Crippen LogP contribution is 2.48. The van der Waals surface area contributed by atoms with Gasteiger partial charge in [0.05, 0.1) is 19.9 Å². The number of nitrogens with one attached hydrogen (secondary N) is 1. The molecule has 0 spiro atoms. The lowest BCUT2D eigenvalue weighted by molar-refractivity contribution is -0.114. The average molecular weight is 433 g/mol. The first-order valence-corrected chi connectivity index (χ1v) is 10.9. The van der Waals surface area contributed by atoms with Crippen molar-refractivity contribution in [2.75, 3.05) is 19.5 Å². The molecular weight excluding hydrogens is 408 g/mol. The van der Waals surface area contributed by atoms with E-state index < -0.39 is 0 Å². The quantitative estimate of drug-likeness (QED) is 0.536. The van der Waals surface area contributed by atoms with E-state index in [0.717, 1.165) is 44.6 Å². The first kappa shape index (κ1) is 21.0. The monoisotopic (exact) mass is 432 g/mol. The molecule has 0 aromatic heterocycles. The van der Waals surface area contributed by atoms with Gasteiger partial charge in [-0.3, -0.25) is 9.79 Å². The molecular formula is C25H24N2O3S. The smallest absolute Gasteiger partial charge is 0.221 e. The number of thioether (sulfide) groups is 1. The highest BCUT2D eigenvalue weighted by Gasteiger charge is 2.25. The van der Waals surface area contributed by atoms with Crippen molar-refractivity contribution in [2.45, 2.75) is 23.5 Å². The van der Waals surface area contributed by atoms with Crippen LogP contribution in [0.2, 0.25) is 0 Å². The van der Waals surface area contributed by atoms with Crippen molar-refractivity contribution in [3.8, 4) is 11.5 Å². The second-order valence-corrected chi connectivity index (χ2v) is 8.45. The maximum absolute atomic E-state index is 11.5. The summed E-state index contributed by atoms with van der Waals surface area (Å²) in [7, 11) is 3.33. The van der Waals surface area contributed by atoms with E-state index in [9.17, 15) is 4.79 Å². The number of methoxy groups -OCH3 is 2. The molecule has 1 aliphatic heterocycles. The Hall–Kier alpha value is -3.25. The summed E-state index contributed by atoms with van der Waals surface area (Å²) in [5, 5.41) is 2.96. The summed E-state index contributed by atoms with van der Waals surface area (Å²) in [5.74, 6) is 1.46. The Morgan fingerprint density at radius 3 is 2.65 bits per heavy atom. The van der Waals surface area contributed by atoms with Crippen molar-refractivity contribution in [1.82, 2.24) is 0 Å². The van der Waals surface area contributed by atoms with Gasteiger partial charge in [-0.05, 0) is 35.9 Å². The summed E-state index contributed by atoms with van der Waals surface area (Å²) in [4.78, 5) is 17.6. The highest BCUT2D eigenvalue weighted by atomic mass is 32.2. The number of amides is 1. The maximum Gasteiger partial charge on any atom is 0.221 e. The molecule has 0 saturated heterocycles. The molecule has 3 aromatic carbocycles. The third-order valence-electron chi connectivity index (χ3n) is 5.07. The van der Waals surface area contributed by atoms with Crippen LogP contribution in [0.5, 0.6) is 11.5 Å². The molecule has 1 amide bonds. The van der Waals surface area contributed by atoms with Gasteiger partial charge in [0, 0.05) is 46.5 Å². The Kier molecular flexibility index (Phi) is 6.28. The molecule has 1 aliphatic rings. The molecule has 1 atom stereocenters. The molecule has 6 heteroatoms. The van der Waals surface area contributed by atoms with Crippen LogP contribution in [0.15, 0.2) is 76.6 Å². The largest absolute Gasteiger partial charge is 0.497 e. The van der Waals surface area contributed by atoms with Gasteiger partial charge in [-0.15, -0.1) is 11.8 Å². The van der Waals surface area contributed by atoms with E-state index in [-0.39, 0.29) is 11.2 Å². The molecule has 4 rings (SSSR count). The van der Waals surface area contributed by atoms with Crippen LogP contribution in [0.3, 0.4) is 0 Å². The summed E-state index contributed by atoms with van der Waals surface area (Å²) in [5.41, 5.74) is 4.75. The van der Waals surface area contributed by atoms with Crippen LogP contribution >= 0.6 is 11.8 Å². The van der Waals surface area contributed by atoms with E-state index in [1.54, 1.807) is 26.0 Å². The molecule has 0 bridgehead atoms. The fourth-order valence-corrected chi connectivity index (χ4v) is 4.89. The van der Waals surface area contributed by atoms with Crippen LogP contribution in [0, 0.1) is 0 Å². The van der Waals surface area contributed by atoms with Gasteiger partial charge in [-0.1, -0.05) is 30.3 Å². The first-order valence-electron chi connectivity index (χ1n) is 10.0. The Morgan fingerprint density at radius 1 is 1.03 bits per heavy atom. The number of aliphatic imine (C=N–C) groups is 1. The SMILES string of the molecule is COc1ccc([C@@H]2CC(c3cccc(NC(C)=O)c3)=Nc3ccccc3S2)c(OC)c1. The van der Waals surface area contributed by atoms with Crippen LogP contribution in [-0.2, 0) is 4.79 Å². The van der Waals surface area contributed by atoms with Gasteiger partial charge in [0.2, 0.25) is 5.91 Å². The molecule has 0 saturated carbocycles. The Balaban J connectivity index is 1.78. The van der Waals surface area contributed by atoms with Gasteiger partial charge >= 0.3 is 0 Å². The number of ether oxygens (including phenoxy) is 2. The zero-order chi connectivity index (χ0) is 21.8. The van der Waals surface area contributed by atoms with E-state index in [1.807, 2.05) is 54.6 Å². The zero-order valence-electron chi connectivity index (χ0n) is 17.7. The lowest BCUT2D eigenvalue weighted by Crippen LogP contribution is -2.09. The van der Waals surface area contributed by atoms with Crippen LogP contribution in [0.4, 0.5) is 11.4 Å². The number of hydrogen-bond acceptors (Lipinski definition) is 5. The topological polar surface area (TPSA) is 59.9 Å². The van der Waals surface area contributed by atoms with Gasteiger partial charge in [0.15, 0.2) is 0 Å². The normalized spacial score (nSPS) is 15.3. The van der Waals surface area contributed by atoms with Crippen molar-refractivity contribution in [1.29, 1.82) is 0 Å². The van der Waals surface area contributed by atoms with Gasteiger partial charge in [-0.2, -0.15) is 0 Å². The molecule has 1 heterocycles. The van der Waals surface area contributed by atoms with E-state index in [0.29, 0.717) is 6.42 Å². The van der Waals surface area contributed by atoms with Crippen molar-refractivity contribution in [3.05, 3.63) is 77.9 Å². The summed E-state index contributed by atoms with van der Waals surface area (Å²) in [6.07, 6.45) is 0.714. The molecule has 3 aromatic rings. The number of fused-ring (bicyclic) bond motifs is 1. The summed E-state index contributed by atoms with van der Waals surface area (Å²) < 4.78 is 11.1. The summed E-state index contributed by atoms with van der Waals surface area (Å²) in [6.45, 7) is 1.51. The van der Waals surface area contributed by atoms with Gasteiger partial charge in [-0.25, -0.2) is 0 Å². The minimum Gasteiger partial charge on any atom is -0.497 e. The van der Waals surface area contributed by atoms with Crippen molar-refractivity contribution in [2.24, 2.45) is 4.99 Å². The molecule has 0 radical (unpaired) electrons. The van der Waals surface area contributed by atoms with Crippen LogP contribution < -0.4 is 14.8 Å². The number of para-hydroxylation sites is 1. The molecule has 31 heavy (non-hydrogen) atoms. The van der Waals surface area contributed by atoms with E-state index in [1.165, 1.54) is 6.92 Å². The molecule has 5 nitrogen and oxygen atoms in total. The highest BCUT2D eigenvalue weighted by molar-refractivity contribution is 7.99. The lowest BCUT2D eigenvalue weighted by atomic mass is 10.00. The van der Waals surface area contributed by atoms with E-state index >= 15 is 0 Å². The first-order chi connectivity index (χ1) is 15.1. The van der Waals surface area contributed by atoms with Crippen molar-refractivity contribution in [3.63, 3.8) is 0 Å². The summed E-state index contributed by atoms with van der Waals surface area (Å²) >= 11 is 1.78. The van der Waals surface area contributed by atoms with Crippen LogP contribution in [-0.4, -0.2) is 25.8 Å². The van der Waals surface area contributed by atoms with Gasteiger partial charge in [0.1, 0.15) is 11.5 Å². The third-order valence-corrected chi connectivity index (χ3v) is 6.38. The number of carbonyl (C=O) groups excluding carboxylic acids is 1. The standard InChI is InChI=1S/C25H24N2O3S/c1-16(28)26-18-8-6-7-17(13-18)22-15-25(31-24-10-5-4-9-21(24)27-22)20-12-11-19(29-2)14-23(20)30-3/h4-14,25H,15H2,1-3H3,(H,26,28)/t25-/m0/s1. The number of hydrogen-bond donors (Lipinski definition) is 1. The van der Waals surface area contributed by atoms with Crippen LogP contribution in [0.25, 0.3) is 0 Å². The van der Waals surface area contributed by atoms with E-state index in [2.05, 4.69) is 17.4 Å². The van der Waals surface area contributed by atoms with E-state index in [4.69, 9.17) is 14.5 Å².